The molecule has 1 N–H and O–H groups in total. The molecule has 1 aliphatic heterocycles. The van der Waals surface area contributed by atoms with Crippen molar-refractivity contribution in [3.63, 3.8) is 0 Å². The molecule has 1 saturated heterocycles. The van der Waals surface area contributed by atoms with Crippen molar-refractivity contribution in [1.82, 2.24) is 14.7 Å². The van der Waals surface area contributed by atoms with Gasteiger partial charge in [0.15, 0.2) is 0 Å². The summed E-state index contributed by atoms with van der Waals surface area (Å²) in [5.41, 5.74) is 2.52. The van der Waals surface area contributed by atoms with Crippen LogP contribution in [0.5, 0.6) is 0 Å². The molecule has 1 unspecified atom stereocenters. The molecule has 1 aliphatic rings. The Morgan fingerprint density at radius 3 is 2.82 bits per heavy atom. The fourth-order valence-electron chi connectivity index (χ4n) is 2.67. The number of hydrogen-bond donors (Lipinski definition) is 1. The molecule has 17 heavy (non-hydrogen) atoms. The molecule has 0 radical (unpaired) electrons. The normalized spacial score (nSPS) is 21.1. The molecule has 96 valence electrons. The first kappa shape index (κ1) is 12.4. The number of likely N-dealkylation sites (tertiary alicyclic amines) is 1. The van der Waals surface area contributed by atoms with Gasteiger partial charge in [0.25, 0.3) is 0 Å². The Labute approximate surface area is 104 Å². The number of anilines is 1. The van der Waals surface area contributed by atoms with Gasteiger partial charge < -0.3 is 5.32 Å². The summed E-state index contributed by atoms with van der Waals surface area (Å²) in [5, 5.41) is 7.94. The van der Waals surface area contributed by atoms with Crippen LogP contribution in [-0.2, 0) is 13.6 Å². The van der Waals surface area contributed by atoms with Crippen molar-refractivity contribution in [1.29, 1.82) is 0 Å². The van der Waals surface area contributed by atoms with E-state index in [-0.39, 0.29) is 0 Å². The zero-order valence-electron chi connectivity index (χ0n) is 11.5. The molecular weight excluding hydrogens is 212 g/mol. The predicted octanol–water partition coefficient (Wildman–Crippen LogP) is 2.00. The van der Waals surface area contributed by atoms with Crippen LogP contribution in [0.1, 0.15) is 31.5 Å². The number of rotatable bonds is 4. The monoisotopic (exact) mass is 236 g/mol. The second kappa shape index (κ2) is 5.08. The maximum Gasteiger partial charge on any atom is 0.128 e. The predicted molar refractivity (Wildman–Crippen MR) is 71.2 cm³/mol. The molecule has 0 saturated carbocycles. The van der Waals surface area contributed by atoms with Crippen molar-refractivity contribution in [2.45, 2.75) is 33.7 Å². The van der Waals surface area contributed by atoms with Crippen LogP contribution in [0.15, 0.2) is 0 Å². The SMILES string of the molecule is CCNc1c(CN2CCC(C)C2)c(C)nn1C. The third kappa shape index (κ3) is 2.63. The minimum Gasteiger partial charge on any atom is -0.370 e. The highest BCUT2D eigenvalue weighted by Gasteiger charge is 2.22. The Hall–Kier alpha value is -1.03. The van der Waals surface area contributed by atoms with Gasteiger partial charge in [0.05, 0.1) is 5.69 Å². The average molecular weight is 236 g/mol. The maximum absolute atomic E-state index is 4.52. The Bertz CT molecular complexity index is 383. The van der Waals surface area contributed by atoms with Crippen LogP contribution in [0.2, 0.25) is 0 Å². The lowest BCUT2D eigenvalue weighted by Crippen LogP contribution is -2.20. The molecule has 4 heteroatoms. The molecule has 0 aliphatic carbocycles. The molecule has 1 fully saturated rings. The summed E-state index contributed by atoms with van der Waals surface area (Å²) >= 11 is 0. The van der Waals surface area contributed by atoms with Crippen LogP contribution in [0, 0.1) is 12.8 Å². The van der Waals surface area contributed by atoms with Crippen molar-refractivity contribution >= 4 is 5.82 Å². The number of hydrogen-bond acceptors (Lipinski definition) is 3. The van der Waals surface area contributed by atoms with Crippen molar-refractivity contribution in [2.75, 3.05) is 25.0 Å². The third-order valence-electron chi connectivity index (χ3n) is 3.58. The first-order chi connectivity index (χ1) is 8.11. The standard InChI is InChI=1S/C13H24N4/c1-5-14-13-12(11(3)15-16(13)4)9-17-7-6-10(2)8-17/h10,14H,5-9H2,1-4H3. The highest BCUT2D eigenvalue weighted by molar-refractivity contribution is 5.47. The molecule has 1 atom stereocenters. The lowest BCUT2D eigenvalue weighted by molar-refractivity contribution is 0.320. The molecule has 2 rings (SSSR count). The quantitative estimate of drug-likeness (QED) is 0.868. The van der Waals surface area contributed by atoms with E-state index in [1.165, 1.54) is 30.9 Å². The van der Waals surface area contributed by atoms with Gasteiger partial charge in [-0.2, -0.15) is 5.10 Å². The highest BCUT2D eigenvalue weighted by atomic mass is 15.3. The fourth-order valence-corrected chi connectivity index (χ4v) is 2.67. The van der Waals surface area contributed by atoms with Crippen LogP contribution < -0.4 is 5.32 Å². The van der Waals surface area contributed by atoms with Crippen molar-refractivity contribution in [3.8, 4) is 0 Å². The Kier molecular flexibility index (Phi) is 3.72. The van der Waals surface area contributed by atoms with Gasteiger partial charge in [-0.15, -0.1) is 0 Å². The molecule has 0 aromatic carbocycles. The van der Waals surface area contributed by atoms with Gasteiger partial charge in [0.1, 0.15) is 5.82 Å². The van der Waals surface area contributed by atoms with E-state index < -0.39 is 0 Å². The molecule has 0 amide bonds. The second-order valence-corrected chi connectivity index (χ2v) is 5.20. The molecular formula is C13H24N4. The minimum absolute atomic E-state index is 0.842. The molecule has 2 heterocycles. The lowest BCUT2D eigenvalue weighted by Gasteiger charge is -2.16. The van der Waals surface area contributed by atoms with Crippen LogP contribution >= 0.6 is 0 Å². The van der Waals surface area contributed by atoms with Crippen LogP contribution in [0.3, 0.4) is 0 Å². The van der Waals surface area contributed by atoms with Gasteiger partial charge >= 0.3 is 0 Å². The average Bonchev–Trinajstić information content (AvgIpc) is 2.78. The van der Waals surface area contributed by atoms with E-state index in [1.54, 1.807) is 0 Å². The van der Waals surface area contributed by atoms with Gasteiger partial charge in [0.2, 0.25) is 0 Å². The summed E-state index contributed by atoms with van der Waals surface area (Å²) in [6.45, 7) is 11.0. The topological polar surface area (TPSA) is 33.1 Å². The zero-order chi connectivity index (χ0) is 12.4. The molecule has 0 spiro atoms. The van der Waals surface area contributed by atoms with Crippen LogP contribution in [0.25, 0.3) is 0 Å². The van der Waals surface area contributed by atoms with Crippen molar-refractivity contribution < 1.29 is 0 Å². The van der Waals surface area contributed by atoms with E-state index in [1.807, 2.05) is 11.7 Å². The smallest absolute Gasteiger partial charge is 0.128 e. The number of aromatic nitrogens is 2. The van der Waals surface area contributed by atoms with Gasteiger partial charge in [-0.25, -0.2) is 0 Å². The summed E-state index contributed by atoms with van der Waals surface area (Å²) in [4.78, 5) is 2.54. The van der Waals surface area contributed by atoms with Gasteiger partial charge in [-0.1, -0.05) is 6.92 Å². The summed E-state index contributed by atoms with van der Waals surface area (Å²) in [5.74, 6) is 2.03. The van der Waals surface area contributed by atoms with Gasteiger partial charge in [-0.3, -0.25) is 9.58 Å². The Balaban J connectivity index is 2.13. The lowest BCUT2D eigenvalue weighted by atomic mass is 10.2. The summed E-state index contributed by atoms with van der Waals surface area (Å²) in [7, 11) is 2.01. The van der Waals surface area contributed by atoms with Gasteiger partial charge in [-0.05, 0) is 32.7 Å². The fraction of sp³-hybridized carbons (Fsp3) is 0.769. The largest absolute Gasteiger partial charge is 0.370 e. The zero-order valence-corrected chi connectivity index (χ0v) is 11.5. The maximum atomic E-state index is 4.52. The molecule has 1 aromatic rings. The summed E-state index contributed by atoms with van der Waals surface area (Å²) in [6, 6.07) is 0. The van der Waals surface area contributed by atoms with Crippen molar-refractivity contribution in [3.05, 3.63) is 11.3 Å². The molecule has 4 nitrogen and oxygen atoms in total. The first-order valence-electron chi connectivity index (χ1n) is 6.60. The molecule has 1 aromatic heterocycles. The first-order valence-corrected chi connectivity index (χ1v) is 6.60. The third-order valence-corrected chi connectivity index (χ3v) is 3.58. The number of aryl methyl sites for hydroxylation is 2. The Morgan fingerprint density at radius 2 is 2.24 bits per heavy atom. The van der Waals surface area contributed by atoms with E-state index in [4.69, 9.17) is 0 Å². The van der Waals surface area contributed by atoms with E-state index >= 15 is 0 Å². The molecule has 0 bridgehead atoms. The van der Waals surface area contributed by atoms with Crippen LogP contribution in [-0.4, -0.2) is 34.3 Å². The van der Waals surface area contributed by atoms with E-state index in [0.717, 1.165) is 24.7 Å². The van der Waals surface area contributed by atoms with E-state index in [0.29, 0.717) is 0 Å². The Morgan fingerprint density at radius 1 is 1.47 bits per heavy atom. The van der Waals surface area contributed by atoms with E-state index in [2.05, 4.69) is 36.1 Å². The van der Waals surface area contributed by atoms with E-state index in [9.17, 15) is 0 Å². The number of nitrogens with one attached hydrogen (secondary N) is 1. The minimum atomic E-state index is 0.842. The van der Waals surface area contributed by atoms with Crippen LogP contribution in [0.4, 0.5) is 5.82 Å². The van der Waals surface area contributed by atoms with Crippen molar-refractivity contribution in [2.24, 2.45) is 13.0 Å². The highest BCUT2D eigenvalue weighted by Crippen LogP contribution is 2.24. The summed E-state index contributed by atoms with van der Waals surface area (Å²) in [6.07, 6.45) is 1.33. The van der Waals surface area contributed by atoms with Gasteiger partial charge in [0, 0.05) is 32.2 Å². The second-order valence-electron chi connectivity index (χ2n) is 5.20. The number of nitrogens with zero attached hydrogens (tertiary/aromatic N) is 3. The summed E-state index contributed by atoms with van der Waals surface area (Å²) < 4.78 is 1.97.